The number of amides is 2. The Kier molecular flexibility index (Phi) is 7.36. The molecule has 30 heavy (non-hydrogen) atoms. The largest absolute Gasteiger partial charge is 0.497 e. The van der Waals surface area contributed by atoms with Crippen molar-refractivity contribution in [1.82, 2.24) is 20.0 Å². The summed E-state index contributed by atoms with van der Waals surface area (Å²) in [5.74, 6) is 1.08. The molecule has 2 fully saturated rings. The van der Waals surface area contributed by atoms with Crippen LogP contribution >= 0.6 is 0 Å². The molecule has 1 aliphatic heterocycles. The van der Waals surface area contributed by atoms with Gasteiger partial charge in [0.15, 0.2) is 0 Å². The minimum Gasteiger partial charge on any atom is -0.497 e. The van der Waals surface area contributed by atoms with Gasteiger partial charge in [0.2, 0.25) is 11.8 Å². The van der Waals surface area contributed by atoms with Crippen molar-refractivity contribution < 1.29 is 14.3 Å². The zero-order chi connectivity index (χ0) is 21.7. The summed E-state index contributed by atoms with van der Waals surface area (Å²) >= 11 is 0. The van der Waals surface area contributed by atoms with Crippen LogP contribution in [-0.4, -0.2) is 84.5 Å². The normalized spacial score (nSPS) is 17.8. The molecule has 1 aliphatic carbocycles. The highest BCUT2D eigenvalue weighted by Crippen LogP contribution is 2.28. The van der Waals surface area contributed by atoms with Crippen molar-refractivity contribution in [3.8, 4) is 5.75 Å². The molecular formula is C23H36N4O3. The fourth-order valence-corrected chi connectivity index (χ4v) is 3.81. The van der Waals surface area contributed by atoms with Crippen molar-refractivity contribution in [2.75, 3.05) is 46.4 Å². The highest BCUT2D eigenvalue weighted by atomic mass is 16.5. The molecule has 1 aromatic rings. The van der Waals surface area contributed by atoms with Gasteiger partial charge in [-0.25, -0.2) is 0 Å². The number of nitrogens with zero attached hydrogens (tertiary/aromatic N) is 3. The van der Waals surface area contributed by atoms with Crippen LogP contribution in [0, 0.1) is 0 Å². The number of nitrogens with one attached hydrogen (secondary N) is 1. The maximum atomic E-state index is 12.9. The first-order chi connectivity index (χ1) is 14.2. The molecule has 0 bridgehead atoms. The van der Waals surface area contributed by atoms with Crippen LogP contribution in [0.3, 0.4) is 0 Å². The Labute approximate surface area is 180 Å². The summed E-state index contributed by atoms with van der Waals surface area (Å²) in [7, 11) is 1.67. The highest BCUT2D eigenvalue weighted by molar-refractivity contribution is 5.79. The first-order valence-electron chi connectivity index (χ1n) is 10.9. The fraction of sp³-hybridized carbons (Fsp3) is 0.652. The number of carbonyl (C=O) groups excluding carboxylic acids is 2. The summed E-state index contributed by atoms with van der Waals surface area (Å²) in [6, 6.07) is 8.59. The van der Waals surface area contributed by atoms with Gasteiger partial charge in [0.1, 0.15) is 5.75 Å². The van der Waals surface area contributed by atoms with E-state index in [1.807, 2.05) is 37.8 Å². The van der Waals surface area contributed by atoms with E-state index in [4.69, 9.17) is 4.74 Å². The number of piperazine rings is 1. The summed E-state index contributed by atoms with van der Waals surface area (Å²) in [5, 5.41) is 3.00. The van der Waals surface area contributed by atoms with Gasteiger partial charge in [0.05, 0.1) is 20.2 Å². The summed E-state index contributed by atoms with van der Waals surface area (Å²) < 4.78 is 5.23. The van der Waals surface area contributed by atoms with Gasteiger partial charge in [0, 0.05) is 44.3 Å². The number of rotatable bonds is 8. The molecule has 2 aliphatic rings. The molecule has 2 amide bonds. The van der Waals surface area contributed by atoms with Crippen molar-refractivity contribution in [3.05, 3.63) is 29.8 Å². The molecule has 7 nitrogen and oxygen atoms in total. The third-order valence-corrected chi connectivity index (χ3v) is 5.55. The molecule has 1 saturated heterocycles. The van der Waals surface area contributed by atoms with Crippen molar-refractivity contribution >= 4 is 11.8 Å². The van der Waals surface area contributed by atoms with Gasteiger partial charge in [-0.05, 0) is 51.3 Å². The average Bonchev–Trinajstić information content (AvgIpc) is 3.52. The third kappa shape index (κ3) is 6.99. The first kappa shape index (κ1) is 22.6. The van der Waals surface area contributed by atoms with E-state index in [1.165, 1.54) is 18.4 Å². The predicted molar refractivity (Wildman–Crippen MR) is 117 cm³/mol. The van der Waals surface area contributed by atoms with Crippen molar-refractivity contribution in [2.45, 2.75) is 51.7 Å². The molecule has 0 spiro atoms. The Morgan fingerprint density at radius 3 is 2.27 bits per heavy atom. The van der Waals surface area contributed by atoms with Gasteiger partial charge in [0.25, 0.3) is 0 Å². The molecule has 0 atom stereocenters. The van der Waals surface area contributed by atoms with Gasteiger partial charge in [-0.3, -0.25) is 19.4 Å². The quantitative estimate of drug-likeness (QED) is 0.699. The predicted octanol–water partition coefficient (Wildman–Crippen LogP) is 1.72. The lowest BCUT2D eigenvalue weighted by molar-refractivity contribution is -0.134. The van der Waals surface area contributed by atoms with Gasteiger partial charge in [-0.1, -0.05) is 12.1 Å². The molecule has 7 heteroatoms. The maximum Gasteiger partial charge on any atom is 0.236 e. The van der Waals surface area contributed by atoms with Crippen LogP contribution in [0.15, 0.2) is 24.3 Å². The molecule has 0 unspecified atom stereocenters. The minimum atomic E-state index is -0.217. The zero-order valence-electron chi connectivity index (χ0n) is 18.8. The van der Waals surface area contributed by atoms with E-state index in [0.717, 1.165) is 25.4 Å². The molecule has 1 heterocycles. The smallest absolute Gasteiger partial charge is 0.236 e. The second-order valence-electron chi connectivity index (χ2n) is 9.44. The lowest BCUT2D eigenvalue weighted by atomic mass is 10.1. The average molecular weight is 417 g/mol. The molecule has 166 valence electrons. The summed E-state index contributed by atoms with van der Waals surface area (Å²) in [6.45, 7) is 10.4. The van der Waals surface area contributed by atoms with Crippen LogP contribution in [0.1, 0.15) is 39.2 Å². The Bertz CT molecular complexity index is 717. The van der Waals surface area contributed by atoms with Crippen molar-refractivity contribution in [3.63, 3.8) is 0 Å². The number of carbonyl (C=O) groups is 2. The zero-order valence-corrected chi connectivity index (χ0v) is 18.8. The minimum absolute atomic E-state index is 0.0432. The van der Waals surface area contributed by atoms with E-state index >= 15 is 0 Å². The molecule has 0 radical (unpaired) electrons. The lowest BCUT2D eigenvalue weighted by Gasteiger charge is -2.36. The van der Waals surface area contributed by atoms with E-state index in [2.05, 4.69) is 27.2 Å². The highest BCUT2D eigenvalue weighted by Gasteiger charge is 2.32. The number of benzene rings is 1. The van der Waals surface area contributed by atoms with Crippen LogP contribution in [0.4, 0.5) is 0 Å². The fourth-order valence-electron chi connectivity index (χ4n) is 3.81. The van der Waals surface area contributed by atoms with Crippen molar-refractivity contribution in [1.29, 1.82) is 0 Å². The van der Waals surface area contributed by atoms with Gasteiger partial charge in [-0.2, -0.15) is 0 Å². The van der Waals surface area contributed by atoms with E-state index < -0.39 is 0 Å². The van der Waals surface area contributed by atoms with E-state index in [9.17, 15) is 9.59 Å². The van der Waals surface area contributed by atoms with Crippen LogP contribution in [-0.2, 0) is 16.1 Å². The lowest BCUT2D eigenvalue weighted by Crippen LogP contribution is -2.54. The SMILES string of the molecule is COc1ccc(CN(CC(=O)N2CCN(CC(=O)NC(C)(C)C)CC2)C2CC2)cc1. The second kappa shape index (κ2) is 9.79. The standard InChI is InChI=1S/C23H36N4O3/c1-23(2,3)24-21(28)16-25-11-13-26(14-12-25)22(29)17-27(19-7-8-19)15-18-5-9-20(30-4)10-6-18/h5-6,9-10,19H,7-8,11-17H2,1-4H3,(H,24,28). The maximum absolute atomic E-state index is 12.9. The summed E-state index contributed by atoms with van der Waals surface area (Å²) in [6.07, 6.45) is 2.33. The topological polar surface area (TPSA) is 65.1 Å². The molecule has 3 rings (SSSR count). The van der Waals surface area contributed by atoms with E-state index in [0.29, 0.717) is 32.2 Å². The van der Waals surface area contributed by atoms with E-state index in [1.54, 1.807) is 7.11 Å². The molecule has 0 aromatic heterocycles. The molecule has 1 saturated carbocycles. The van der Waals surface area contributed by atoms with Crippen LogP contribution in [0.2, 0.25) is 0 Å². The van der Waals surface area contributed by atoms with Gasteiger partial charge in [-0.15, -0.1) is 0 Å². The number of ether oxygens (including phenoxy) is 1. The summed E-state index contributed by atoms with van der Waals surface area (Å²) in [5.41, 5.74) is 0.982. The third-order valence-electron chi connectivity index (χ3n) is 5.55. The van der Waals surface area contributed by atoms with Gasteiger partial charge >= 0.3 is 0 Å². The monoisotopic (exact) mass is 416 g/mol. The van der Waals surface area contributed by atoms with Crippen LogP contribution < -0.4 is 10.1 Å². The van der Waals surface area contributed by atoms with Gasteiger partial charge < -0.3 is 15.0 Å². The number of methoxy groups -OCH3 is 1. The Morgan fingerprint density at radius 2 is 1.73 bits per heavy atom. The molecule has 1 N–H and O–H groups in total. The Morgan fingerprint density at radius 1 is 1.10 bits per heavy atom. The van der Waals surface area contributed by atoms with E-state index in [-0.39, 0.29) is 17.4 Å². The van der Waals surface area contributed by atoms with Crippen LogP contribution in [0.5, 0.6) is 5.75 Å². The Balaban J connectivity index is 1.46. The Hall–Kier alpha value is -2.12. The summed E-state index contributed by atoms with van der Waals surface area (Å²) in [4.78, 5) is 31.4. The number of hydrogen-bond acceptors (Lipinski definition) is 5. The first-order valence-corrected chi connectivity index (χ1v) is 10.9. The van der Waals surface area contributed by atoms with Crippen LogP contribution in [0.25, 0.3) is 0 Å². The molecular weight excluding hydrogens is 380 g/mol. The second-order valence-corrected chi connectivity index (χ2v) is 9.44. The number of hydrogen-bond donors (Lipinski definition) is 1. The van der Waals surface area contributed by atoms with Crippen molar-refractivity contribution in [2.24, 2.45) is 0 Å². The molecule has 1 aromatic carbocycles.